The van der Waals surface area contributed by atoms with Crippen molar-refractivity contribution in [1.82, 2.24) is 0 Å². The van der Waals surface area contributed by atoms with Crippen LogP contribution in [0.3, 0.4) is 0 Å². The van der Waals surface area contributed by atoms with E-state index in [1.807, 2.05) is 25.1 Å². The molecule has 1 aliphatic rings. The molecular weight excluding hydrogens is 230 g/mol. The van der Waals surface area contributed by atoms with E-state index in [1.165, 1.54) is 0 Å². The molecule has 1 aromatic carbocycles. The van der Waals surface area contributed by atoms with Crippen LogP contribution >= 0.6 is 0 Å². The monoisotopic (exact) mass is 249 g/mol. The van der Waals surface area contributed by atoms with E-state index in [4.69, 9.17) is 15.6 Å². The van der Waals surface area contributed by atoms with Crippen LogP contribution in [0.4, 0.5) is 0 Å². The molecule has 4 heteroatoms. The van der Waals surface area contributed by atoms with Gasteiger partial charge in [-0.3, -0.25) is 4.79 Å². The molecule has 0 spiro atoms. The lowest BCUT2D eigenvalue weighted by Gasteiger charge is -2.22. The number of fused-ring (bicyclic) bond motifs is 1. The Morgan fingerprint density at radius 3 is 3.00 bits per heavy atom. The van der Waals surface area contributed by atoms with Crippen LogP contribution < -0.4 is 10.5 Å². The molecule has 98 valence electrons. The summed E-state index contributed by atoms with van der Waals surface area (Å²) in [5.74, 6) is -0.0167. The van der Waals surface area contributed by atoms with Crippen molar-refractivity contribution in [3.63, 3.8) is 0 Å². The molecule has 0 aromatic heterocycles. The van der Waals surface area contributed by atoms with Gasteiger partial charge in [0.2, 0.25) is 0 Å². The van der Waals surface area contributed by atoms with E-state index in [0.29, 0.717) is 6.61 Å². The Hall–Kier alpha value is -1.55. The maximum Gasteiger partial charge on any atom is 0.304 e. The number of carboxylic acids is 1. The number of nitrogens with two attached hydrogens (primary N) is 1. The smallest absolute Gasteiger partial charge is 0.304 e. The maximum atomic E-state index is 11.0. The first-order valence-electron chi connectivity index (χ1n) is 6.34. The van der Waals surface area contributed by atoms with Crippen molar-refractivity contribution in [2.45, 2.75) is 38.1 Å². The average Bonchev–Trinajstić information content (AvgIpc) is 2.81. The fraction of sp³-hybridized carbons (Fsp3) is 0.500. The molecule has 0 aliphatic carbocycles. The zero-order valence-electron chi connectivity index (χ0n) is 10.6. The van der Waals surface area contributed by atoms with Crippen LogP contribution in [0, 0.1) is 0 Å². The van der Waals surface area contributed by atoms with E-state index in [9.17, 15) is 4.79 Å². The van der Waals surface area contributed by atoms with Crippen LogP contribution in [-0.4, -0.2) is 23.7 Å². The maximum absolute atomic E-state index is 11.0. The number of hydrogen-bond donors (Lipinski definition) is 2. The molecule has 4 nitrogen and oxygen atoms in total. The number of carboxylic acid groups (broad SMARTS) is 1. The van der Waals surface area contributed by atoms with Gasteiger partial charge in [-0.1, -0.05) is 19.1 Å². The Labute approximate surface area is 107 Å². The van der Waals surface area contributed by atoms with E-state index in [2.05, 4.69) is 0 Å². The first-order chi connectivity index (χ1) is 8.61. The van der Waals surface area contributed by atoms with Crippen LogP contribution in [-0.2, 0) is 11.2 Å². The summed E-state index contributed by atoms with van der Waals surface area (Å²) in [4.78, 5) is 11.0. The van der Waals surface area contributed by atoms with Crippen LogP contribution in [0.1, 0.15) is 36.8 Å². The number of rotatable bonds is 5. The second-order valence-corrected chi connectivity index (χ2v) is 4.74. The molecule has 0 saturated heterocycles. The minimum atomic E-state index is -0.805. The van der Waals surface area contributed by atoms with E-state index in [0.717, 1.165) is 29.7 Å². The fourth-order valence-corrected chi connectivity index (χ4v) is 2.43. The van der Waals surface area contributed by atoms with Crippen LogP contribution in [0.25, 0.3) is 0 Å². The Bertz CT molecular complexity index is 445. The summed E-state index contributed by atoms with van der Waals surface area (Å²) in [6.45, 7) is 2.69. The quantitative estimate of drug-likeness (QED) is 0.836. The van der Waals surface area contributed by atoms with Crippen molar-refractivity contribution in [3.05, 3.63) is 29.3 Å². The summed E-state index contributed by atoms with van der Waals surface area (Å²) < 4.78 is 5.45. The third-order valence-corrected chi connectivity index (χ3v) is 3.52. The predicted octanol–water partition coefficient (Wildman–Crippen LogP) is 1.92. The highest BCUT2D eigenvalue weighted by Gasteiger charge is 2.23. The van der Waals surface area contributed by atoms with Crippen molar-refractivity contribution in [3.8, 4) is 5.75 Å². The second kappa shape index (κ2) is 5.40. The van der Waals surface area contributed by atoms with E-state index in [-0.39, 0.29) is 18.4 Å². The van der Waals surface area contributed by atoms with Crippen molar-refractivity contribution in [2.75, 3.05) is 6.61 Å². The molecule has 18 heavy (non-hydrogen) atoms. The summed E-state index contributed by atoms with van der Waals surface area (Å²) in [6, 6.07) is 5.79. The van der Waals surface area contributed by atoms with Gasteiger partial charge in [0.1, 0.15) is 5.75 Å². The van der Waals surface area contributed by atoms with Gasteiger partial charge in [0.05, 0.1) is 13.0 Å². The van der Waals surface area contributed by atoms with Crippen molar-refractivity contribution >= 4 is 5.97 Å². The van der Waals surface area contributed by atoms with Crippen LogP contribution in [0.2, 0.25) is 0 Å². The van der Waals surface area contributed by atoms with E-state index in [1.54, 1.807) is 0 Å². The van der Waals surface area contributed by atoms with Crippen molar-refractivity contribution < 1.29 is 14.6 Å². The molecule has 0 saturated carbocycles. The highest BCUT2D eigenvalue weighted by atomic mass is 16.5. The lowest BCUT2D eigenvalue weighted by Crippen LogP contribution is -2.29. The van der Waals surface area contributed by atoms with Gasteiger partial charge in [-0.25, -0.2) is 0 Å². The normalized spacial score (nSPS) is 16.8. The topological polar surface area (TPSA) is 72.6 Å². The third-order valence-electron chi connectivity index (χ3n) is 3.52. The van der Waals surface area contributed by atoms with E-state index < -0.39 is 5.97 Å². The van der Waals surface area contributed by atoms with Gasteiger partial charge in [-0.05, 0) is 23.6 Å². The first kappa shape index (κ1) is 12.9. The molecule has 2 atom stereocenters. The Morgan fingerprint density at radius 2 is 2.33 bits per heavy atom. The molecule has 1 heterocycles. The van der Waals surface area contributed by atoms with Crippen LogP contribution in [0.15, 0.2) is 18.2 Å². The summed E-state index contributed by atoms with van der Waals surface area (Å²) >= 11 is 0. The Balaban J connectivity index is 2.27. The van der Waals surface area contributed by atoms with Gasteiger partial charge in [-0.2, -0.15) is 0 Å². The number of carbonyl (C=O) groups is 1. The SMILES string of the molecule is CCC(N)C(CC(=O)O)c1ccc2c(c1)CCO2. The largest absolute Gasteiger partial charge is 0.493 e. The van der Waals surface area contributed by atoms with E-state index >= 15 is 0 Å². The summed E-state index contributed by atoms with van der Waals surface area (Å²) in [7, 11) is 0. The molecule has 0 amide bonds. The molecule has 1 aromatic rings. The summed E-state index contributed by atoms with van der Waals surface area (Å²) in [6.07, 6.45) is 1.74. The van der Waals surface area contributed by atoms with Crippen LogP contribution in [0.5, 0.6) is 5.75 Å². The number of ether oxygens (including phenoxy) is 1. The molecule has 0 fully saturated rings. The minimum absolute atomic E-state index is 0.0780. The molecule has 2 unspecified atom stereocenters. The molecule has 0 radical (unpaired) electrons. The molecule has 1 aliphatic heterocycles. The number of hydrogen-bond acceptors (Lipinski definition) is 3. The predicted molar refractivity (Wildman–Crippen MR) is 68.9 cm³/mol. The second-order valence-electron chi connectivity index (χ2n) is 4.74. The summed E-state index contributed by atoms with van der Waals surface area (Å²) in [5, 5.41) is 9.00. The lowest BCUT2D eigenvalue weighted by atomic mass is 9.86. The average molecular weight is 249 g/mol. The summed E-state index contributed by atoms with van der Waals surface area (Å²) in [5.41, 5.74) is 8.22. The van der Waals surface area contributed by atoms with Gasteiger partial charge in [0, 0.05) is 18.4 Å². The highest BCUT2D eigenvalue weighted by Crippen LogP contribution is 2.31. The molecule has 0 bridgehead atoms. The van der Waals surface area contributed by atoms with Gasteiger partial charge < -0.3 is 15.6 Å². The highest BCUT2D eigenvalue weighted by molar-refractivity contribution is 5.68. The fourth-order valence-electron chi connectivity index (χ4n) is 2.43. The minimum Gasteiger partial charge on any atom is -0.493 e. The van der Waals surface area contributed by atoms with Gasteiger partial charge in [0.15, 0.2) is 0 Å². The van der Waals surface area contributed by atoms with Gasteiger partial charge in [-0.15, -0.1) is 0 Å². The lowest BCUT2D eigenvalue weighted by molar-refractivity contribution is -0.137. The standard InChI is InChI=1S/C14H19NO3/c1-2-12(15)11(8-14(16)17)9-3-4-13-10(7-9)5-6-18-13/h3-4,7,11-12H,2,5-6,8,15H2,1H3,(H,16,17). The van der Waals surface area contributed by atoms with Gasteiger partial charge in [0.25, 0.3) is 0 Å². The Morgan fingerprint density at radius 1 is 1.56 bits per heavy atom. The van der Waals surface area contributed by atoms with Crippen molar-refractivity contribution in [1.29, 1.82) is 0 Å². The number of aliphatic carboxylic acids is 1. The molecule has 3 N–H and O–H groups in total. The molecular formula is C14H19NO3. The van der Waals surface area contributed by atoms with Crippen molar-refractivity contribution in [2.24, 2.45) is 5.73 Å². The van der Waals surface area contributed by atoms with Gasteiger partial charge >= 0.3 is 5.97 Å². The Kier molecular flexibility index (Phi) is 3.87. The number of benzene rings is 1. The molecule has 2 rings (SSSR count). The first-order valence-corrected chi connectivity index (χ1v) is 6.34. The zero-order chi connectivity index (χ0) is 13.1. The third kappa shape index (κ3) is 2.64. The zero-order valence-corrected chi connectivity index (χ0v) is 10.6.